The zero-order valence-electron chi connectivity index (χ0n) is 8.51. The van der Waals surface area contributed by atoms with Gasteiger partial charge >= 0.3 is 5.97 Å². The Balaban J connectivity index is 3.74. The maximum atomic E-state index is 11.7. The van der Waals surface area contributed by atoms with Gasteiger partial charge in [0.1, 0.15) is 0 Å². The largest absolute Gasteiger partial charge is 0.465 e. The molecule has 0 aliphatic rings. The fourth-order valence-corrected chi connectivity index (χ4v) is 5.32. The fourth-order valence-electron chi connectivity index (χ4n) is 1.18. The van der Waals surface area contributed by atoms with Crippen molar-refractivity contribution in [2.24, 2.45) is 5.73 Å². The van der Waals surface area contributed by atoms with E-state index in [0.29, 0.717) is 16.4 Å². The van der Waals surface area contributed by atoms with E-state index in [0.717, 1.165) is 0 Å². The second kappa shape index (κ2) is 5.86. The molecule has 17 heavy (non-hydrogen) atoms. The van der Waals surface area contributed by atoms with Crippen LogP contribution < -0.4 is 11.5 Å². The van der Waals surface area contributed by atoms with Gasteiger partial charge in [0.25, 0.3) is 5.91 Å². The molecule has 0 aromatic heterocycles. The monoisotopic (exact) mass is 572 g/mol. The SMILES string of the molecule is COC(=O)c1c(I)c(N)c(I)c(C(N)=O)c1I. The van der Waals surface area contributed by atoms with Crippen molar-refractivity contribution in [3.63, 3.8) is 0 Å². The van der Waals surface area contributed by atoms with Crippen LogP contribution in [0.15, 0.2) is 0 Å². The van der Waals surface area contributed by atoms with Gasteiger partial charge < -0.3 is 16.2 Å². The number of esters is 1. The number of carbonyl (C=O) groups excluding carboxylic acids is 2. The summed E-state index contributed by atoms with van der Waals surface area (Å²) in [6, 6.07) is 0. The standard InChI is InChI=1S/C9H7I3N2O3/c1-17-9(16)3-4(10)2(8(14)15)5(11)7(13)6(3)12/h13H2,1H3,(H2,14,15). The van der Waals surface area contributed by atoms with Gasteiger partial charge in [-0.3, -0.25) is 4.79 Å². The lowest BCUT2D eigenvalue weighted by molar-refractivity contribution is 0.0598. The highest BCUT2D eigenvalue weighted by Gasteiger charge is 2.25. The van der Waals surface area contributed by atoms with E-state index in [1.54, 1.807) is 0 Å². The lowest BCUT2D eigenvalue weighted by Gasteiger charge is -2.13. The first kappa shape index (κ1) is 15.2. The minimum atomic E-state index is -0.618. The Bertz CT molecular complexity index is 517. The molecule has 5 nitrogen and oxygen atoms in total. The van der Waals surface area contributed by atoms with Crippen LogP contribution in [0.3, 0.4) is 0 Å². The number of nitrogen functional groups attached to an aromatic ring is 1. The van der Waals surface area contributed by atoms with Crippen LogP contribution in [0.2, 0.25) is 0 Å². The minimum absolute atomic E-state index is 0.254. The van der Waals surface area contributed by atoms with Gasteiger partial charge in [0.05, 0.1) is 31.1 Å². The molecule has 0 heterocycles. The van der Waals surface area contributed by atoms with E-state index in [4.69, 9.17) is 11.5 Å². The number of carbonyl (C=O) groups is 2. The van der Waals surface area contributed by atoms with Crippen LogP contribution in [0.25, 0.3) is 0 Å². The quantitative estimate of drug-likeness (QED) is 0.322. The second-order valence-corrected chi connectivity index (χ2v) is 6.20. The van der Waals surface area contributed by atoms with E-state index >= 15 is 0 Å². The summed E-state index contributed by atoms with van der Waals surface area (Å²) < 4.78 is 6.25. The molecule has 0 aliphatic heterocycles. The zero-order valence-corrected chi connectivity index (χ0v) is 15.0. The van der Waals surface area contributed by atoms with Gasteiger partial charge in [-0.25, -0.2) is 4.79 Å². The molecule has 0 atom stereocenters. The summed E-state index contributed by atoms with van der Waals surface area (Å²) in [4.78, 5) is 23.0. The first-order valence-electron chi connectivity index (χ1n) is 4.16. The Morgan fingerprint density at radius 2 is 1.53 bits per heavy atom. The molecule has 1 aromatic carbocycles. The van der Waals surface area contributed by atoms with Crippen molar-refractivity contribution in [2.45, 2.75) is 0 Å². The Morgan fingerprint density at radius 3 is 1.94 bits per heavy atom. The number of anilines is 1. The molecule has 0 radical (unpaired) electrons. The highest BCUT2D eigenvalue weighted by molar-refractivity contribution is 14.1. The third kappa shape index (κ3) is 2.77. The minimum Gasteiger partial charge on any atom is -0.465 e. The summed E-state index contributed by atoms with van der Waals surface area (Å²) >= 11 is 5.78. The van der Waals surface area contributed by atoms with Crippen LogP contribution in [0.4, 0.5) is 5.69 Å². The lowest BCUT2D eigenvalue weighted by Crippen LogP contribution is -2.20. The normalized spacial score (nSPS) is 10.1. The van der Waals surface area contributed by atoms with Crippen molar-refractivity contribution < 1.29 is 14.3 Å². The summed E-state index contributed by atoms with van der Waals surface area (Å²) in [5, 5.41) is 0. The highest BCUT2D eigenvalue weighted by Crippen LogP contribution is 2.33. The predicted molar refractivity (Wildman–Crippen MR) is 88.9 cm³/mol. The van der Waals surface area contributed by atoms with E-state index in [2.05, 4.69) is 4.74 Å². The first-order valence-corrected chi connectivity index (χ1v) is 7.40. The van der Waals surface area contributed by atoms with E-state index in [9.17, 15) is 9.59 Å². The fraction of sp³-hybridized carbons (Fsp3) is 0.111. The van der Waals surface area contributed by atoms with Gasteiger partial charge in [0.2, 0.25) is 0 Å². The summed E-state index contributed by atoms with van der Waals surface area (Å²) in [6.45, 7) is 0. The molecule has 1 amide bonds. The number of hydrogen-bond acceptors (Lipinski definition) is 4. The number of methoxy groups -OCH3 is 1. The number of hydrogen-bond donors (Lipinski definition) is 2. The topological polar surface area (TPSA) is 95.4 Å². The van der Waals surface area contributed by atoms with E-state index in [1.165, 1.54) is 7.11 Å². The molecular formula is C9H7I3N2O3. The molecule has 0 aliphatic carbocycles. The van der Waals surface area contributed by atoms with Crippen molar-refractivity contribution >= 4 is 85.3 Å². The third-order valence-corrected chi connectivity index (χ3v) is 5.31. The smallest absolute Gasteiger partial charge is 0.340 e. The number of halogens is 3. The number of amides is 1. The van der Waals surface area contributed by atoms with Gasteiger partial charge in [-0.2, -0.15) is 0 Å². The van der Waals surface area contributed by atoms with Crippen LogP contribution >= 0.6 is 67.8 Å². The Labute approximate surface area is 138 Å². The number of nitrogens with two attached hydrogens (primary N) is 2. The van der Waals surface area contributed by atoms with Crippen molar-refractivity contribution in [1.29, 1.82) is 0 Å². The van der Waals surface area contributed by atoms with E-state index in [-0.39, 0.29) is 11.1 Å². The van der Waals surface area contributed by atoms with Crippen LogP contribution in [0, 0.1) is 10.7 Å². The molecule has 0 fully saturated rings. The molecular weight excluding hydrogens is 565 g/mol. The van der Waals surface area contributed by atoms with Crippen LogP contribution in [0.1, 0.15) is 20.7 Å². The molecule has 0 saturated carbocycles. The molecule has 0 saturated heterocycles. The summed E-state index contributed by atoms with van der Waals surface area (Å²) in [7, 11) is 1.27. The third-order valence-electron chi connectivity index (χ3n) is 1.99. The molecule has 0 spiro atoms. The number of benzene rings is 1. The predicted octanol–water partition coefficient (Wildman–Crippen LogP) is 1.97. The van der Waals surface area contributed by atoms with Crippen molar-refractivity contribution in [1.82, 2.24) is 0 Å². The second-order valence-electron chi connectivity index (χ2n) is 2.96. The van der Waals surface area contributed by atoms with Gasteiger partial charge in [-0.1, -0.05) is 0 Å². The molecule has 0 unspecified atom stereocenters. The zero-order chi connectivity index (χ0) is 13.3. The van der Waals surface area contributed by atoms with Gasteiger partial charge in [0.15, 0.2) is 0 Å². The van der Waals surface area contributed by atoms with Crippen molar-refractivity contribution in [3.8, 4) is 0 Å². The number of rotatable bonds is 2. The van der Waals surface area contributed by atoms with Gasteiger partial charge in [-0.15, -0.1) is 0 Å². The summed E-state index contributed by atoms with van der Waals surface area (Å²) in [5.74, 6) is -1.16. The van der Waals surface area contributed by atoms with E-state index < -0.39 is 11.9 Å². The summed E-state index contributed by atoms with van der Waals surface area (Å²) in [6.07, 6.45) is 0. The van der Waals surface area contributed by atoms with Crippen molar-refractivity contribution in [2.75, 3.05) is 12.8 Å². The molecule has 8 heteroatoms. The highest BCUT2D eigenvalue weighted by atomic mass is 127. The Hall–Kier alpha value is 0.150. The Morgan fingerprint density at radius 1 is 1.06 bits per heavy atom. The van der Waals surface area contributed by atoms with Crippen LogP contribution in [0.5, 0.6) is 0 Å². The van der Waals surface area contributed by atoms with E-state index in [1.807, 2.05) is 67.8 Å². The lowest BCUT2D eigenvalue weighted by atomic mass is 10.1. The maximum absolute atomic E-state index is 11.7. The Kier molecular flexibility index (Phi) is 5.24. The average molecular weight is 572 g/mol. The van der Waals surface area contributed by atoms with Crippen molar-refractivity contribution in [3.05, 3.63) is 21.8 Å². The first-order chi connectivity index (χ1) is 7.82. The van der Waals surface area contributed by atoms with Gasteiger partial charge in [0, 0.05) is 3.57 Å². The van der Waals surface area contributed by atoms with Gasteiger partial charge in [-0.05, 0) is 67.8 Å². The number of primary amides is 1. The number of ether oxygens (including phenoxy) is 1. The maximum Gasteiger partial charge on any atom is 0.340 e. The van der Waals surface area contributed by atoms with Crippen LogP contribution in [-0.2, 0) is 4.74 Å². The molecule has 0 bridgehead atoms. The molecule has 4 N–H and O–H groups in total. The summed E-state index contributed by atoms with van der Waals surface area (Å²) in [5.41, 5.74) is 12.0. The van der Waals surface area contributed by atoms with Crippen LogP contribution in [-0.4, -0.2) is 19.0 Å². The molecule has 92 valence electrons. The average Bonchev–Trinajstić information content (AvgIpc) is 2.25. The molecule has 1 aromatic rings. The molecule has 1 rings (SSSR count).